The maximum absolute atomic E-state index is 10.7. The zero-order chi connectivity index (χ0) is 11.8. The summed E-state index contributed by atoms with van der Waals surface area (Å²) < 4.78 is 9.99. The van der Waals surface area contributed by atoms with Gasteiger partial charge in [0, 0.05) is 11.6 Å². The normalized spacial score (nSPS) is 9.25. The van der Waals surface area contributed by atoms with Crippen molar-refractivity contribution in [2.75, 3.05) is 13.2 Å². The third-order valence-electron chi connectivity index (χ3n) is 1.78. The molecular formula is C12H12O4. The molecule has 0 unspecified atom stereocenters. The first-order chi connectivity index (χ1) is 7.76. The van der Waals surface area contributed by atoms with Crippen LogP contribution in [-0.2, 0) is 9.53 Å². The molecule has 4 nitrogen and oxygen atoms in total. The SMILES string of the molecule is C=CC(=O)OCCOc1ccc(C=O)cc1. The number of hydrogen-bond donors (Lipinski definition) is 0. The van der Waals surface area contributed by atoms with E-state index in [0.717, 1.165) is 12.4 Å². The van der Waals surface area contributed by atoms with Gasteiger partial charge >= 0.3 is 5.97 Å². The molecule has 0 atom stereocenters. The molecule has 0 aliphatic heterocycles. The zero-order valence-corrected chi connectivity index (χ0v) is 8.72. The summed E-state index contributed by atoms with van der Waals surface area (Å²) in [5.41, 5.74) is 0.588. The van der Waals surface area contributed by atoms with Crippen LogP contribution in [0.5, 0.6) is 5.75 Å². The maximum atomic E-state index is 10.7. The average molecular weight is 220 g/mol. The number of carbonyl (C=O) groups is 2. The van der Waals surface area contributed by atoms with E-state index < -0.39 is 5.97 Å². The van der Waals surface area contributed by atoms with Crippen LogP contribution < -0.4 is 4.74 Å². The summed E-state index contributed by atoms with van der Waals surface area (Å²) in [7, 11) is 0. The van der Waals surface area contributed by atoms with Crippen molar-refractivity contribution in [3.63, 3.8) is 0 Å². The zero-order valence-electron chi connectivity index (χ0n) is 8.72. The molecule has 84 valence electrons. The summed E-state index contributed by atoms with van der Waals surface area (Å²) in [6.07, 6.45) is 1.86. The lowest BCUT2D eigenvalue weighted by molar-refractivity contribution is -0.138. The third kappa shape index (κ3) is 3.96. The Labute approximate surface area is 93.5 Å². The summed E-state index contributed by atoms with van der Waals surface area (Å²) in [5.74, 6) is 0.153. The predicted molar refractivity (Wildman–Crippen MR) is 58.5 cm³/mol. The maximum Gasteiger partial charge on any atom is 0.330 e. The first kappa shape index (κ1) is 12.0. The molecular weight excluding hydrogens is 208 g/mol. The van der Waals surface area contributed by atoms with Crippen molar-refractivity contribution in [3.05, 3.63) is 42.5 Å². The van der Waals surface area contributed by atoms with Crippen LogP contribution in [0.15, 0.2) is 36.9 Å². The Morgan fingerprint density at radius 1 is 1.25 bits per heavy atom. The number of carbonyl (C=O) groups excluding carboxylic acids is 2. The van der Waals surface area contributed by atoms with Crippen LogP contribution in [0.25, 0.3) is 0 Å². The van der Waals surface area contributed by atoms with E-state index in [9.17, 15) is 9.59 Å². The molecule has 0 heterocycles. The van der Waals surface area contributed by atoms with Crippen LogP contribution in [0.4, 0.5) is 0 Å². The van der Waals surface area contributed by atoms with Gasteiger partial charge in [0.2, 0.25) is 0 Å². The van der Waals surface area contributed by atoms with Gasteiger partial charge in [-0.15, -0.1) is 0 Å². The van der Waals surface area contributed by atoms with Gasteiger partial charge in [0.05, 0.1) is 0 Å². The number of rotatable bonds is 6. The molecule has 0 amide bonds. The molecule has 0 aliphatic carbocycles. The van der Waals surface area contributed by atoms with Crippen LogP contribution in [0.2, 0.25) is 0 Å². The second-order valence-electron chi connectivity index (χ2n) is 2.91. The fraction of sp³-hybridized carbons (Fsp3) is 0.167. The summed E-state index contributed by atoms with van der Waals surface area (Å²) in [6, 6.07) is 6.66. The van der Waals surface area contributed by atoms with Gasteiger partial charge in [-0.05, 0) is 24.3 Å². The molecule has 0 saturated carbocycles. The fourth-order valence-corrected chi connectivity index (χ4v) is 1.00. The van der Waals surface area contributed by atoms with Crippen molar-refractivity contribution in [1.29, 1.82) is 0 Å². The van der Waals surface area contributed by atoms with E-state index in [2.05, 4.69) is 6.58 Å². The lowest BCUT2D eigenvalue weighted by Gasteiger charge is -2.05. The highest BCUT2D eigenvalue weighted by Gasteiger charge is 1.97. The van der Waals surface area contributed by atoms with E-state index in [-0.39, 0.29) is 13.2 Å². The van der Waals surface area contributed by atoms with Crippen LogP contribution in [0, 0.1) is 0 Å². The Balaban J connectivity index is 2.29. The van der Waals surface area contributed by atoms with E-state index in [1.165, 1.54) is 0 Å². The van der Waals surface area contributed by atoms with Gasteiger partial charge in [-0.1, -0.05) is 6.58 Å². The standard InChI is InChI=1S/C12H12O4/c1-2-12(14)16-8-7-15-11-5-3-10(9-13)4-6-11/h2-6,9H,1,7-8H2. The molecule has 1 aromatic carbocycles. The Hall–Kier alpha value is -2.10. The van der Waals surface area contributed by atoms with Crippen molar-refractivity contribution in [1.82, 2.24) is 0 Å². The van der Waals surface area contributed by atoms with E-state index in [1.807, 2.05) is 0 Å². The van der Waals surface area contributed by atoms with Crippen molar-refractivity contribution in [2.45, 2.75) is 0 Å². The number of benzene rings is 1. The van der Waals surface area contributed by atoms with Crippen LogP contribution in [0.3, 0.4) is 0 Å². The van der Waals surface area contributed by atoms with Crippen molar-refractivity contribution < 1.29 is 19.1 Å². The summed E-state index contributed by atoms with van der Waals surface area (Å²) >= 11 is 0. The molecule has 0 fully saturated rings. The second kappa shape index (κ2) is 6.40. The van der Waals surface area contributed by atoms with Crippen LogP contribution in [-0.4, -0.2) is 25.5 Å². The number of ether oxygens (including phenoxy) is 2. The lowest BCUT2D eigenvalue weighted by Crippen LogP contribution is -2.10. The molecule has 0 aliphatic rings. The number of hydrogen-bond acceptors (Lipinski definition) is 4. The molecule has 0 saturated heterocycles. The number of aldehydes is 1. The van der Waals surface area contributed by atoms with Gasteiger partial charge in [-0.25, -0.2) is 4.79 Å². The monoisotopic (exact) mass is 220 g/mol. The molecule has 1 aromatic rings. The minimum absolute atomic E-state index is 0.167. The lowest BCUT2D eigenvalue weighted by atomic mass is 10.2. The molecule has 0 N–H and O–H groups in total. The average Bonchev–Trinajstić information content (AvgIpc) is 2.35. The highest BCUT2D eigenvalue weighted by molar-refractivity contribution is 5.81. The van der Waals surface area contributed by atoms with Gasteiger partial charge in [0.15, 0.2) is 0 Å². The van der Waals surface area contributed by atoms with Crippen LogP contribution >= 0.6 is 0 Å². The highest BCUT2D eigenvalue weighted by atomic mass is 16.6. The van der Waals surface area contributed by atoms with Gasteiger partial charge in [0.1, 0.15) is 25.2 Å². The third-order valence-corrected chi connectivity index (χ3v) is 1.78. The first-order valence-electron chi connectivity index (χ1n) is 4.73. The first-order valence-corrected chi connectivity index (χ1v) is 4.73. The van der Waals surface area contributed by atoms with Crippen LogP contribution in [0.1, 0.15) is 10.4 Å². The van der Waals surface area contributed by atoms with E-state index in [4.69, 9.17) is 9.47 Å². The van der Waals surface area contributed by atoms with E-state index in [0.29, 0.717) is 11.3 Å². The minimum Gasteiger partial charge on any atom is -0.490 e. The Morgan fingerprint density at radius 2 is 1.94 bits per heavy atom. The molecule has 0 aromatic heterocycles. The van der Waals surface area contributed by atoms with E-state index >= 15 is 0 Å². The van der Waals surface area contributed by atoms with E-state index in [1.54, 1.807) is 24.3 Å². The smallest absolute Gasteiger partial charge is 0.330 e. The molecule has 1 rings (SSSR count). The van der Waals surface area contributed by atoms with Gasteiger partial charge in [-0.3, -0.25) is 4.79 Å². The summed E-state index contributed by atoms with van der Waals surface area (Å²) in [6.45, 7) is 3.70. The van der Waals surface area contributed by atoms with Crippen molar-refractivity contribution in [3.8, 4) is 5.75 Å². The highest BCUT2D eigenvalue weighted by Crippen LogP contribution is 2.10. The Bertz CT molecular complexity index is 367. The minimum atomic E-state index is -0.472. The molecule has 0 radical (unpaired) electrons. The van der Waals surface area contributed by atoms with Gasteiger partial charge in [-0.2, -0.15) is 0 Å². The summed E-state index contributed by atoms with van der Waals surface area (Å²) in [4.78, 5) is 21.1. The predicted octanol–water partition coefficient (Wildman–Crippen LogP) is 1.61. The largest absolute Gasteiger partial charge is 0.490 e. The second-order valence-corrected chi connectivity index (χ2v) is 2.91. The number of esters is 1. The van der Waals surface area contributed by atoms with Crippen molar-refractivity contribution >= 4 is 12.3 Å². The Kier molecular flexibility index (Phi) is 4.79. The molecule has 0 bridgehead atoms. The molecule has 4 heteroatoms. The topological polar surface area (TPSA) is 52.6 Å². The fourth-order valence-electron chi connectivity index (χ4n) is 1.00. The quantitative estimate of drug-likeness (QED) is 0.316. The summed E-state index contributed by atoms with van der Waals surface area (Å²) in [5, 5.41) is 0. The Morgan fingerprint density at radius 3 is 2.50 bits per heavy atom. The van der Waals surface area contributed by atoms with Gasteiger partial charge < -0.3 is 9.47 Å². The van der Waals surface area contributed by atoms with Gasteiger partial charge in [0.25, 0.3) is 0 Å². The molecule has 16 heavy (non-hydrogen) atoms. The van der Waals surface area contributed by atoms with Crippen molar-refractivity contribution in [2.24, 2.45) is 0 Å². The molecule has 0 spiro atoms.